The van der Waals surface area contributed by atoms with Crippen LogP contribution in [0.1, 0.15) is 27.2 Å². The molecule has 0 spiro atoms. The highest BCUT2D eigenvalue weighted by Gasteiger charge is 2.26. The predicted octanol–water partition coefficient (Wildman–Crippen LogP) is 2.44. The van der Waals surface area contributed by atoms with Crippen molar-refractivity contribution in [2.24, 2.45) is 0 Å². The van der Waals surface area contributed by atoms with Gasteiger partial charge in [0.25, 0.3) is 5.91 Å². The molecule has 7 nitrogen and oxygen atoms in total. The molecule has 3 heterocycles. The van der Waals surface area contributed by atoms with Crippen LogP contribution in [0.5, 0.6) is 0 Å². The quantitative estimate of drug-likeness (QED) is 0.725. The van der Waals surface area contributed by atoms with E-state index in [0.717, 1.165) is 27.7 Å². The monoisotopic (exact) mass is 384 g/mol. The van der Waals surface area contributed by atoms with E-state index in [1.165, 1.54) is 10.6 Å². The summed E-state index contributed by atoms with van der Waals surface area (Å²) in [5, 5.41) is 3.96. The molecule has 2 aromatic heterocycles. The molecular formula is C19H20N4O3S. The molecule has 0 saturated carbocycles. The van der Waals surface area contributed by atoms with Crippen molar-refractivity contribution < 1.29 is 13.2 Å². The lowest BCUT2D eigenvalue weighted by atomic mass is 9.98. The first-order chi connectivity index (χ1) is 12.8. The van der Waals surface area contributed by atoms with Crippen molar-refractivity contribution in [3.8, 4) is 0 Å². The van der Waals surface area contributed by atoms with Crippen molar-refractivity contribution in [2.75, 3.05) is 18.1 Å². The van der Waals surface area contributed by atoms with Crippen LogP contribution in [0.2, 0.25) is 0 Å². The van der Waals surface area contributed by atoms with Gasteiger partial charge in [-0.3, -0.25) is 9.78 Å². The number of hydrogen-bond donors (Lipinski definition) is 2. The number of amides is 1. The van der Waals surface area contributed by atoms with E-state index in [9.17, 15) is 13.2 Å². The number of carbonyl (C=O) groups is 1. The summed E-state index contributed by atoms with van der Waals surface area (Å²) in [6, 6.07) is 7.73. The summed E-state index contributed by atoms with van der Waals surface area (Å²) in [4.78, 5) is 20.2. The highest BCUT2D eigenvalue weighted by Crippen LogP contribution is 2.25. The number of rotatable bonds is 3. The number of fused-ring (bicyclic) bond motifs is 2. The molecule has 0 atom stereocenters. The van der Waals surface area contributed by atoms with E-state index in [-0.39, 0.29) is 12.5 Å². The highest BCUT2D eigenvalue weighted by molar-refractivity contribution is 7.88. The average Bonchev–Trinajstić information content (AvgIpc) is 2.99. The maximum Gasteiger partial charge on any atom is 0.257 e. The molecule has 1 aliphatic rings. The van der Waals surface area contributed by atoms with E-state index in [4.69, 9.17) is 0 Å². The first-order valence-corrected chi connectivity index (χ1v) is 10.5. The second-order valence-corrected chi connectivity index (χ2v) is 8.86. The molecule has 140 valence electrons. The SMILES string of the molecule is Cc1cc2cc(NC(=O)c3cncc4c3CCN(S(C)(=O)=O)C4)ccc2[nH]1. The molecule has 1 aromatic carbocycles. The zero-order chi connectivity index (χ0) is 19.2. The first-order valence-electron chi connectivity index (χ1n) is 8.63. The predicted molar refractivity (Wildman–Crippen MR) is 104 cm³/mol. The van der Waals surface area contributed by atoms with E-state index in [0.29, 0.717) is 24.2 Å². The Balaban J connectivity index is 1.61. The molecule has 0 radical (unpaired) electrons. The van der Waals surface area contributed by atoms with E-state index < -0.39 is 10.0 Å². The zero-order valence-corrected chi connectivity index (χ0v) is 15.9. The Morgan fingerprint density at radius 2 is 2.07 bits per heavy atom. The summed E-state index contributed by atoms with van der Waals surface area (Å²) in [5.41, 5.74) is 4.91. The molecule has 0 unspecified atom stereocenters. The fourth-order valence-corrected chi connectivity index (χ4v) is 4.30. The summed E-state index contributed by atoms with van der Waals surface area (Å²) in [7, 11) is -3.27. The molecule has 0 saturated heterocycles. The molecule has 1 amide bonds. The van der Waals surface area contributed by atoms with Crippen LogP contribution < -0.4 is 5.32 Å². The maximum absolute atomic E-state index is 12.8. The lowest BCUT2D eigenvalue weighted by Gasteiger charge is -2.27. The molecule has 3 aromatic rings. The van der Waals surface area contributed by atoms with Gasteiger partial charge in [0, 0.05) is 47.8 Å². The van der Waals surface area contributed by atoms with Crippen molar-refractivity contribution in [1.29, 1.82) is 0 Å². The van der Waals surface area contributed by atoms with Crippen molar-refractivity contribution in [3.63, 3.8) is 0 Å². The van der Waals surface area contributed by atoms with Gasteiger partial charge in [0.05, 0.1) is 11.8 Å². The standard InChI is InChI=1S/C19H20N4O3S/c1-12-7-13-8-15(3-4-18(13)21-12)22-19(24)17-10-20-9-14-11-23(27(2,25)26)6-5-16(14)17/h3-4,7-10,21H,5-6,11H2,1-2H3,(H,22,24). The number of anilines is 1. The third-order valence-corrected chi connectivity index (χ3v) is 6.08. The Bertz CT molecular complexity index is 1150. The Morgan fingerprint density at radius 1 is 1.26 bits per heavy atom. The number of aromatic amines is 1. The molecule has 0 fully saturated rings. The van der Waals surface area contributed by atoms with Gasteiger partial charge in [-0.15, -0.1) is 0 Å². The van der Waals surface area contributed by atoms with Gasteiger partial charge in [-0.05, 0) is 48.7 Å². The third kappa shape index (κ3) is 3.45. The van der Waals surface area contributed by atoms with Gasteiger partial charge in [0.1, 0.15) is 0 Å². The minimum Gasteiger partial charge on any atom is -0.359 e. The second-order valence-electron chi connectivity index (χ2n) is 6.88. The number of aryl methyl sites for hydroxylation is 1. The van der Waals surface area contributed by atoms with Crippen molar-refractivity contribution in [3.05, 3.63) is 59.0 Å². The summed E-state index contributed by atoms with van der Waals surface area (Å²) >= 11 is 0. The largest absolute Gasteiger partial charge is 0.359 e. The molecule has 1 aliphatic heterocycles. The molecule has 4 rings (SSSR count). The van der Waals surface area contributed by atoms with Crippen LogP contribution in [0.25, 0.3) is 10.9 Å². The fourth-order valence-electron chi connectivity index (χ4n) is 3.50. The smallest absolute Gasteiger partial charge is 0.257 e. The van der Waals surface area contributed by atoms with Gasteiger partial charge >= 0.3 is 0 Å². The van der Waals surface area contributed by atoms with Crippen LogP contribution in [0.3, 0.4) is 0 Å². The summed E-state index contributed by atoms with van der Waals surface area (Å²) in [5.74, 6) is -0.237. The third-order valence-electron chi connectivity index (χ3n) is 4.83. The van der Waals surface area contributed by atoms with Crippen LogP contribution in [-0.2, 0) is 23.0 Å². The average molecular weight is 384 g/mol. The summed E-state index contributed by atoms with van der Waals surface area (Å²) in [6.07, 6.45) is 4.87. The number of H-pyrrole nitrogens is 1. The molecule has 2 N–H and O–H groups in total. The Kier molecular flexibility index (Phi) is 4.24. The van der Waals surface area contributed by atoms with Gasteiger partial charge < -0.3 is 10.3 Å². The number of hydrogen-bond acceptors (Lipinski definition) is 4. The van der Waals surface area contributed by atoms with Gasteiger partial charge in [0.2, 0.25) is 10.0 Å². The van der Waals surface area contributed by atoms with Crippen LogP contribution in [-0.4, -0.2) is 41.4 Å². The van der Waals surface area contributed by atoms with Gasteiger partial charge in [-0.1, -0.05) is 0 Å². The molecule has 0 bridgehead atoms. The van der Waals surface area contributed by atoms with Crippen LogP contribution in [0, 0.1) is 6.92 Å². The minimum absolute atomic E-state index is 0.237. The fraction of sp³-hybridized carbons (Fsp3) is 0.263. The first kappa shape index (κ1) is 17.7. The Morgan fingerprint density at radius 3 is 2.85 bits per heavy atom. The topological polar surface area (TPSA) is 95.2 Å². The van der Waals surface area contributed by atoms with E-state index in [1.54, 1.807) is 12.4 Å². The van der Waals surface area contributed by atoms with Crippen molar-refractivity contribution >= 4 is 32.5 Å². The van der Waals surface area contributed by atoms with Crippen molar-refractivity contribution in [1.82, 2.24) is 14.3 Å². The van der Waals surface area contributed by atoms with E-state index in [1.807, 2.05) is 31.2 Å². The zero-order valence-electron chi connectivity index (χ0n) is 15.1. The minimum atomic E-state index is -3.27. The van der Waals surface area contributed by atoms with Gasteiger partial charge in [-0.2, -0.15) is 4.31 Å². The lowest BCUT2D eigenvalue weighted by Crippen LogP contribution is -2.36. The number of benzene rings is 1. The molecular weight excluding hydrogens is 364 g/mol. The van der Waals surface area contributed by atoms with Crippen molar-refractivity contribution in [2.45, 2.75) is 19.9 Å². The number of pyridine rings is 1. The van der Waals surface area contributed by atoms with E-state index >= 15 is 0 Å². The number of sulfonamides is 1. The normalized spacial score (nSPS) is 14.9. The number of aromatic nitrogens is 2. The summed E-state index contributed by atoms with van der Waals surface area (Å²) in [6.45, 7) is 2.60. The highest BCUT2D eigenvalue weighted by atomic mass is 32.2. The lowest BCUT2D eigenvalue weighted by molar-refractivity contribution is 0.102. The van der Waals surface area contributed by atoms with Crippen LogP contribution >= 0.6 is 0 Å². The molecule has 8 heteroatoms. The number of nitrogens with zero attached hydrogens (tertiary/aromatic N) is 2. The molecule has 0 aliphatic carbocycles. The van der Waals surface area contributed by atoms with Crippen LogP contribution in [0.4, 0.5) is 5.69 Å². The van der Waals surface area contributed by atoms with E-state index in [2.05, 4.69) is 15.3 Å². The number of carbonyl (C=O) groups excluding carboxylic acids is 1. The molecule has 27 heavy (non-hydrogen) atoms. The van der Waals surface area contributed by atoms with Gasteiger partial charge in [-0.25, -0.2) is 8.42 Å². The Labute approximate surface area is 157 Å². The summed E-state index contributed by atoms with van der Waals surface area (Å²) < 4.78 is 25.0. The van der Waals surface area contributed by atoms with Gasteiger partial charge in [0.15, 0.2) is 0 Å². The Hall–Kier alpha value is -2.71. The number of nitrogens with one attached hydrogen (secondary N) is 2. The van der Waals surface area contributed by atoms with Crippen LogP contribution in [0.15, 0.2) is 36.7 Å². The maximum atomic E-state index is 12.8. The second kappa shape index (κ2) is 6.47.